The first kappa shape index (κ1) is 18.1. The standard InChI is InChI=1S/C17H24N2O5S/c1-10(2)4-5-22-7-11-6-17(13(20)23-11)9-16(3,24-14(17)21)12-8-25-15(18)19-12/h8,10-11H,4-7,9H2,1-3H3,(H2,18,19)/t11-,16-,17-/m0/s1. The van der Waals surface area contributed by atoms with Crippen LogP contribution >= 0.6 is 11.3 Å². The number of rotatable bonds is 6. The van der Waals surface area contributed by atoms with Gasteiger partial charge in [0.2, 0.25) is 0 Å². The fraction of sp³-hybridized carbons (Fsp3) is 0.706. The van der Waals surface area contributed by atoms with Gasteiger partial charge in [-0.15, -0.1) is 11.3 Å². The molecule has 0 bridgehead atoms. The average Bonchev–Trinajstić information content (AvgIpc) is 3.16. The quantitative estimate of drug-likeness (QED) is 0.467. The molecule has 1 aromatic heterocycles. The highest BCUT2D eigenvalue weighted by molar-refractivity contribution is 7.13. The molecule has 138 valence electrons. The van der Waals surface area contributed by atoms with E-state index in [4.69, 9.17) is 19.9 Å². The van der Waals surface area contributed by atoms with Gasteiger partial charge in [0, 0.05) is 24.8 Å². The van der Waals surface area contributed by atoms with Crippen LogP contribution in [0.4, 0.5) is 5.13 Å². The molecule has 0 radical (unpaired) electrons. The van der Waals surface area contributed by atoms with Crippen LogP contribution in [0.1, 0.15) is 45.7 Å². The summed E-state index contributed by atoms with van der Waals surface area (Å²) >= 11 is 1.28. The molecule has 25 heavy (non-hydrogen) atoms. The van der Waals surface area contributed by atoms with E-state index in [9.17, 15) is 9.59 Å². The van der Waals surface area contributed by atoms with Gasteiger partial charge in [-0.2, -0.15) is 0 Å². The minimum Gasteiger partial charge on any atom is -0.459 e. The Balaban J connectivity index is 1.67. The van der Waals surface area contributed by atoms with E-state index in [1.54, 1.807) is 12.3 Å². The SMILES string of the molecule is CC(C)CCOC[C@@H]1C[C@]2(C[C@@](C)(c3csc(N)n3)OC2=O)C(=O)O1. The Morgan fingerprint density at radius 1 is 1.44 bits per heavy atom. The monoisotopic (exact) mass is 368 g/mol. The van der Waals surface area contributed by atoms with Crippen molar-refractivity contribution in [2.45, 2.75) is 51.7 Å². The molecule has 0 saturated carbocycles. The number of cyclic esters (lactones) is 2. The second-order valence-corrected chi connectivity index (χ2v) is 8.33. The summed E-state index contributed by atoms with van der Waals surface area (Å²) in [6.07, 6.45) is 1.01. The number of esters is 2. The van der Waals surface area contributed by atoms with Gasteiger partial charge in [-0.05, 0) is 19.3 Å². The average molecular weight is 368 g/mol. The van der Waals surface area contributed by atoms with Crippen LogP contribution in [-0.4, -0.2) is 36.2 Å². The predicted octanol–water partition coefficient (Wildman–Crippen LogP) is 2.25. The van der Waals surface area contributed by atoms with Crippen molar-refractivity contribution in [1.82, 2.24) is 4.98 Å². The van der Waals surface area contributed by atoms with Crippen LogP contribution in [0.2, 0.25) is 0 Å². The molecule has 1 spiro atoms. The lowest BCUT2D eigenvalue weighted by Crippen LogP contribution is -2.32. The molecule has 7 nitrogen and oxygen atoms in total. The van der Waals surface area contributed by atoms with Gasteiger partial charge in [-0.3, -0.25) is 9.59 Å². The Morgan fingerprint density at radius 2 is 2.20 bits per heavy atom. The van der Waals surface area contributed by atoms with E-state index in [1.165, 1.54) is 11.3 Å². The minimum atomic E-state index is -1.26. The van der Waals surface area contributed by atoms with E-state index < -0.39 is 29.1 Å². The van der Waals surface area contributed by atoms with Crippen LogP contribution in [-0.2, 0) is 29.4 Å². The first-order valence-corrected chi connectivity index (χ1v) is 9.37. The third-order valence-electron chi connectivity index (χ3n) is 4.80. The second-order valence-electron chi connectivity index (χ2n) is 7.44. The normalized spacial score (nSPS) is 31.8. The van der Waals surface area contributed by atoms with Crippen LogP contribution in [0.5, 0.6) is 0 Å². The fourth-order valence-electron chi connectivity index (χ4n) is 3.38. The topological polar surface area (TPSA) is 101 Å². The Kier molecular flexibility index (Phi) is 4.76. The summed E-state index contributed by atoms with van der Waals surface area (Å²) < 4.78 is 16.6. The molecule has 2 N–H and O–H groups in total. The van der Waals surface area contributed by atoms with Crippen molar-refractivity contribution in [3.8, 4) is 0 Å². The molecule has 3 rings (SSSR count). The molecule has 0 unspecified atom stereocenters. The number of carbonyl (C=O) groups excluding carboxylic acids is 2. The number of hydrogen-bond donors (Lipinski definition) is 1. The zero-order valence-electron chi connectivity index (χ0n) is 14.7. The second kappa shape index (κ2) is 6.57. The molecule has 0 amide bonds. The van der Waals surface area contributed by atoms with Crippen molar-refractivity contribution in [2.24, 2.45) is 11.3 Å². The summed E-state index contributed by atoms with van der Waals surface area (Å²) in [4.78, 5) is 29.2. The van der Waals surface area contributed by atoms with E-state index in [1.807, 2.05) is 0 Å². The molecule has 3 heterocycles. The van der Waals surface area contributed by atoms with Crippen molar-refractivity contribution in [2.75, 3.05) is 18.9 Å². The predicted molar refractivity (Wildman–Crippen MR) is 91.8 cm³/mol. The Morgan fingerprint density at radius 3 is 2.84 bits per heavy atom. The fourth-order valence-corrected chi connectivity index (χ4v) is 4.06. The Bertz CT molecular complexity index is 676. The van der Waals surface area contributed by atoms with Crippen LogP contribution in [0.3, 0.4) is 0 Å². The molecule has 8 heteroatoms. The van der Waals surface area contributed by atoms with Gasteiger partial charge >= 0.3 is 11.9 Å². The Labute approximate surface area is 150 Å². The van der Waals surface area contributed by atoms with Gasteiger partial charge in [-0.25, -0.2) is 4.98 Å². The number of hydrogen-bond acceptors (Lipinski definition) is 8. The van der Waals surface area contributed by atoms with Crippen molar-refractivity contribution in [3.05, 3.63) is 11.1 Å². The third-order valence-corrected chi connectivity index (χ3v) is 5.47. The lowest BCUT2D eigenvalue weighted by molar-refractivity contribution is -0.160. The van der Waals surface area contributed by atoms with E-state index in [2.05, 4.69) is 18.8 Å². The maximum atomic E-state index is 12.5. The van der Waals surface area contributed by atoms with Crippen molar-refractivity contribution < 1.29 is 23.8 Å². The molecule has 0 aromatic carbocycles. The summed E-state index contributed by atoms with van der Waals surface area (Å²) in [6.45, 7) is 6.91. The molecule has 1 aromatic rings. The highest BCUT2D eigenvalue weighted by atomic mass is 32.1. The summed E-state index contributed by atoms with van der Waals surface area (Å²) in [5.41, 5.74) is 4.03. The van der Waals surface area contributed by atoms with Gasteiger partial charge in [0.15, 0.2) is 16.1 Å². The Hall–Kier alpha value is -1.67. The van der Waals surface area contributed by atoms with E-state index in [0.717, 1.165) is 6.42 Å². The van der Waals surface area contributed by atoms with Gasteiger partial charge in [0.05, 0.1) is 12.3 Å². The summed E-state index contributed by atoms with van der Waals surface area (Å²) in [7, 11) is 0. The molecular formula is C17H24N2O5S. The van der Waals surface area contributed by atoms with Gasteiger partial charge in [-0.1, -0.05) is 13.8 Å². The lowest BCUT2D eigenvalue weighted by atomic mass is 9.78. The smallest absolute Gasteiger partial charge is 0.324 e. The number of nitrogens with two attached hydrogens (primary N) is 1. The zero-order chi connectivity index (χ0) is 18.2. The molecular weight excluding hydrogens is 344 g/mol. The maximum absolute atomic E-state index is 12.5. The van der Waals surface area contributed by atoms with Crippen LogP contribution in [0, 0.1) is 11.3 Å². The minimum absolute atomic E-state index is 0.212. The van der Waals surface area contributed by atoms with E-state index in [-0.39, 0.29) is 12.8 Å². The number of nitrogens with zero attached hydrogens (tertiary/aromatic N) is 1. The molecule has 2 aliphatic rings. The van der Waals surface area contributed by atoms with Crippen molar-refractivity contribution in [3.63, 3.8) is 0 Å². The molecule has 2 saturated heterocycles. The zero-order valence-corrected chi connectivity index (χ0v) is 15.6. The number of thiazole rings is 1. The first-order valence-electron chi connectivity index (χ1n) is 8.49. The number of carbonyl (C=O) groups is 2. The third kappa shape index (κ3) is 3.37. The van der Waals surface area contributed by atoms with E-state index >= 15 is 0 Å². The maximum Gasteiger partial charge on any atom is 0.324 e. The van der Waals surface area contributed by atoms with Gasteiger partial charge in [0.25, 0.3) is 0 Å². The first-order chi connectivity index (χ1) is 11.7. The van der Waals surface area contributed by atoms with Gasteiger partial charge < -0.3 is 19.9 Å². The number of ether oxygens (including phenoxy) is 3. The van der Waals surface area contributed by atoms with E-state index in [0.29, 0.717) is 30.0 Å². The molecule has 3 atom stereocenters. The van der Waals surface area contributed by atoms with Crippen LogP contribution in [0.15, 0.2) is 5.38 Å². The van der Waals surface area contributed by atoms with Gasteiger partial charge in [0.1, 0.15) is 6.10 Å². The molecule has 0 aliphatic carbocycles. The highest BCUT2D eigenvalue weighted by Crippen LogP contribution is 2.52. The highest BCUT2D eigenvalue weighted by Gasteiger charge is 2.65. The van der Waals surface area contributed by atoms with Crippen LogP contribution in [0.25, 0.3) is 0 Å². The van der Waals surface area contributed by atoms with Crippen molar-refractivity contribution in [1.29, 1.82) is 0 Å². The summed E-state index contributed by atoms with van der Waals surface area (Å²) in [5.74, 6) is -0.522. The number of aromatic nitrogens is 1. The summed E-state index contributed by atoms with van der Waals surface area (Å²) in [6, 6.07) is 0. The van der Waals surface area contributed by atoms with Crippen LogP contribution < -0.4 is 5.73 Å². The van der Waals surface area contributed by atoms with Crippen molar-refractivity contribution >= 4 is 28.4 Å². The number of nitrogen functional groups attached to an aromatic ring is 1. The summed E-state index contributed by atoms with van der Waals surface area (Å²) in [5, 5.41) is 2.16. The number of anilines is 1. The largest absolute Gasteiger partial charge is 0.459 e. The molecule has 2 aliphatic heterocycles. The molecule has 2 fully saturated rings. The lowest BCUT2D eigenvalue weighted by Gasteiger charge is -2.20.